The number of hydrogen-bond donors (Lipinski definition) is 1. The number of fused-ring (bicyclic) bond motifs is 1. The SMILES string of the molecule is COCCCN1CCOc2ccc(CO[C@@H]3CC[C@@H](C[C@H](C)CC(=O)C(C)(C)C)NC3)cc21. The maximum atomic E-state index is 12.3. The smallest absolute Gasteiger partial charge is 0.142 e. The molecule has 1 fully saturated rings. The molecule has 0 aliphatic carbocycles. The summed E-state index contributed by atoms with van der Waals surface area (Å²) in [5.74, 6) is 1.74. The van der Waals surface area contributed by atoms with Gasteiger partial charge in [0.15, 0.2) is 0 Å². The Balaban J connectivity index is 1.43. The minimum Gasteiger partial charge on any atom is -0.490 e. The maximum absolute atomic E-state index is 12.3. The minimum atomic E-state index is -0.239. The van der Waals surface area contributed by atoms with Crippen molar-refractivity contribution in [2.75, 3.05) is 44.9 Å². The second-order valence-electron chi connectivity index (χ2n) is 10.8. The first-order chi connectivity index (χ1) is 15.8. The normalized spacial score (nSPS) is 21.9. The number of rotatable bonds is 11. The van der Waals surface area contributed by atoms with Crippen molar-refractivity contribution in [3.8, 4) is 5.75 Å². The highest BCUT2D eigenvalue weighted by molar-refractivity contribution is 5.83. The third-order valence-corrected chi connectivity index (χ3v) is 6.77. The number of benzene rings is 1. The zero-order chi connectivity index (χ0) is 23.8. The van der Waals surface area contributed by atoms with Crippen LogP contribution in [0.15, 0.2) is 18.2 Å². The standard InChI is InChI=1S/C27H44N2O4/c1-20(16-26(30)27(2,3)4)15-22-8-9-23(18-28-22)33-19-21-7-10-25-24(17-21)29(12-14-32-25)11-6-13-31-5/h7,10,17,20,22-23,28H,6,8-9,11-16,18-19H2,1-5H3/t20-,22-,23+/m0/s1. The molecule has 0 amide bonds. The van der Waals surface area contributed by atoms with Gasteiger partial charge in [-0.25, -0.2) is 0 Å². The summed E-state index contributed by atoms with van der Waals surface area (Å²) in [4.78, 5) is 14.7. The van der Waals surface area contributed by atoms with Crippen LogP contribution in [0.3, 0.4) is 0 Å². The van der Waals surface area contributed by atoms with Crippen LogP contribution in [0, 0.1) is 11.3 Å². The molecule has 0 saturated carbocycles. The molecule has 2 aliphatic heterocycles. The van der Waals surface area contributed by atoms with Crippen molar-refractivity contribution in [2.24, 2.45) is 11.3 Å². The lowest BCUT2D eigenvalue weighted by molar-refractivity contribution is -0.127. The van der Waals surface area contributed by atoms with E-state index in [0.717, 1.165) is 64.3 Å². The Morgan fingerprint density at radius 2 is 2.12 bits per heavy atom. The van der Waals surface area contributed by atoms with Crippen LogP contribution >= 0.6 is 0 Å². The summed E-state index contributed by atoms with van der Waals surface area (Å²) in [7, 11) is 1.75. The van der Waals surface area contributed by atoms with Gasteiger partial charge in [0, 0.05) is 44.7 Å². The number of carbonyl (C=O) groups excluding carboxylic acids is 1. The molecule has 0 bridgehead atoms. The van der Waals surface area contributed by atoms with Gasteiger partial charge < -0.3 is 24.4 Å². The van der Waals surface area contributed by atoms with Crippen molar-refractivity contribution in [3.63, 3.8) is 0 Å². The molecule has 2 heterocycles. The molecule has 2 aliphatic rings. The van der Waals surface area contributed by atoms with Crippen molar-refractivity contribution >= 4 is 11.5 Å². The monoisotopic (exact) mass is 460 g/mol. The molecule has 0 radical (unpaired) electrons. The van der Waals surface area contributed by atoms with Gasteiger partial charge in [-0.05, 0) is 49.3 Å². The number of carbonyl (C=O) groups is 1. The summed E-state index contributed by atoms with van der Waals surface area (Å²) in [6.07, 6.45) is 5.13. The fourth-order valence-corrected chi connectivity index (χ4v) is 4.68. The van der Waals surface area contributed by atoms with Crippen LogP contribution in [0.5, 0.6) is 5.75 Å². The number of anilines is 1. The summed E-state index contributed by atoms with van der Waals surface area (Å²) < 4.78 is 17.3. The molecule has 1 aromatic carbocycles. The van der Waals surface area contributed by atoms with Crippen molar-refractivity contribution in [1.29, 1.82) is 0 Å². The van der Waals surface area contributed by atoms with Crippen LogP contribution in [-0.4, -0.2) is 57.9 Å². The topological polar surface area (TPSA) is 60.0 Å². The largest absolute Gasteiger partial charge is 0.490 e. The zero-order valence-electron chi connectivity index (χ0n) is 21.3. The molecule has 6 heteroatoms. The van der Waals surface area contributed by atoms with Gasteiger partial charge in [-0.1, -0.05) is 33.8 Å². The van der Waals surface area contributed by atoms with Gasteiger partial charge in [0.05, 0.1) is 24.9 Å². The first-order valence-electron chi connectivity index (χ1n) is 12.6. The van der Waals surface area contributed by atoms with Crippen LogP contribution in [0.2, 0.25) is 0 Å². The minimum absolute atomic E-state index is 0.234. The highest BCUT2D eigenvalue weighted by Gasteiger charge is 2.27. The average Bonchev–Trinajstić information content (AvgIpc) is 2.78. The summed E-state index contributed by atoms with van der Waals surface area (Å²) in [6.45, 7) is 13.1. The molecular formula is C27H44N2O4. The summed E-state index contributed by atoms with van der Waals surface area (Å²) in [5, 5.41) is 3.66. The van der Waals surface area contributed by atoms with Crippen molar-refractivity contribution in [3.05, 3.63) is 23.8 Å². The number of methoxy groups -OCH3 is 1. The lowest BCUT2D eigenvalue weighted by Gasteiger charge is -2.33. The van der Waals surface area contributed by atoms with Gasteiger partial charge in [-0.15, -0.1) is 0 Å². The molecule has 6 nitrogen and oxygen atoms in total. The molecule has 1 saturated heterocycles. The number of hydrogen-bond acceptors (Lipinski definition) is 6. The summed E-state index contributed by atoms with van der Waals surface area (Å²) in [5.41, 5.74) is 2.11. The predicted octanol–water partition coefficient (Wildman–Crippen LogP) is 4.59. The Morgan fingerprint density at radius 3 is 2.82 bits per heavy atom. The number of ether oxygens (including phenoxy) is 3. The molecule has 0 unspecified atom stereocenters. The van der Waals surface area contributed by atoms with E-state index in [9.17, 15) is 4.79 Å². The number of Topliss-reactive ketones (excluding diaryl/α,β-unsaturated/α-hetero) is 1. The van der Waals surface area contributed by atoms with Crippen LogP contribution in [0.1, 0.15) is 65.4 Å². The molecule has 3 atom stereocenters. The van der Waals surface area contributed by atoms with E-state index < -0.39 is 0 Å². The molecule has 33 heavy (non-hydrogen) atoms. The third-order valence-electron chi connectivity index (χ3n) is 6.77. The van der Waals surface area contributed by atoms with Crippen LogP contribution in [0.25, 0.3) is 0 Å². The van der Waals surface area contributed by atoms with Gasteiger partial charge in [-0.2, -0.15) is 0 Å². The Bertz CT molecular complexity index is 753. The number of nitrogens with zero attached hydrogens (tertiary/aromatic N) is 1. The molecule has 186 valence electrons. The fourth-order valence-electron chi connectivity index (χ4n) is 4.68. The van der Waals surface area contributed by atoms with Crippen molar-refractivity contribution < 1.29 is 19.0 Å². The van der Waals surface area contributed by atoms with E-state index >= 15 is 0 Å². The summed E-state index contributed by atoms with van der Waals surface area (Å²) >= 11 is 0. The van der Waals surface area contributed by atoms with Crippen molar-refractivity contribution in [2.45, 2.75) is 78.6 Å². The second kappa shape index (κ2) is 12.2. The summed E-state index contributed by atoms with van der Waals surface area (Å²) in [6, 6.07) is 6.89. The Hall–Kier alpha value is -1.63. The maximum Gasteiger partial charge on any atom is 0.142 e. The lowest BCUT2D eigenvalue weighted by atomic mass is 9.83. The molecule has 0 spiro atoms. The molecule has 0 aromatic heterocycles. The lowest BCUT2D eigenvalue weighted by Crippen LogP contribution is -2.43. The van der Waals surface area contributed by atoms with E-state index in [4.69, 9.17) is 14.2 Å². The Morgan fingerprint density at radius 1 is 1.30 bits per heavy atom. The van der Waals surface area contributed by atoms with E-state index in [1.807, 2.05) is 20.8 Å². The molecule has 1 N–H and O–H groups in total. The van der Waals surface area contributed by atoms with Gasteiger partial charge in [0.2, 0.25) is 0 Å². The average molecular weight is 461 g/mol. The Kier molecular flexibility index (Phi) is 9.59. The van der Waals surface area contributed by atoms with Crippen LogP contribution in [-0.2, 0) is 20.9 Å². The van der Waals surface area contributed by atoms with E-state index in [1.54, 1.807) is 7.11 Å². The molecule has 1 aromatic rings. The van der Waals surface area contributed by atoms with E-state index in [1.165, 1.54) is 11.3 Å². The highest BCUT2D eigenvalue weighted by atomic mass is 16.5. The third kappa shape index (κ3) is 7.97. The number of ketones is 1. The Labute approximate surface area is 200 Å². The number of nitrogens with one attached hydrogen (secondary N) is 1. The van der Waals surface area contributed by atoms with Gasteiger partial charge in [0.25, 0.3) is 0 Å². The van der Waals surface area contributed by atoms with Crippen LogP contribution < -0.4 is 15.0 Å². The second-order valence-corrected chi connectivity index (χ2v) is 10.8. The number of piperidine rings is 1. The van der Waals surface area contributed by atoms with Gasteiger partial charge in [-0.3, -0.25) is 4.79 Å². The zero-order valence-corrected chi connectivity index (χ0v) is 21.3. The first kappa shape index (κ1) is 26.0. The predicted molar refractivity (Wildman–Crippen MR) is 133 cm³/mol. The molecular weight excluding hydrogens is 416 g/mol. The highest BCUT2D eigenvalue weighted by Crippen LogP contribution is 2.33. The van der Waals surface area contributed by atoms with E-state index in [0.29, 0.717) is 30.8 Å². The fraction of sp³-hybridized carbons (Fsp3) is 0.741. The van der Waals surface area contributed by atoms with Gasteiger partial charge in [0.1, 0.15) is 18.1 Å². The van der Waals surface area contributed by atoms with Crippen molar-refractivity contribution in [1.82, 2.24) is 5.32 Å². The quantitative estimate of drug-likeness (QED) is 0.488. The van der Waals surface area contributed by atoms with E-state index in [-0.39, 0.29) is 11.5 Å². The van der Waals surface area contributed by atoms with Gasteiger partial charge >= 0.3 is 0 Å². The van der Waals surface area contributed by atoms with E-state index in [2.05, 4.69) is 35.3 Å². The first-order valence-corrected chi connectivity index (χ1v) is 12.6. The van der Waals surface area contributed by atoms with Crippen LogP contribution in [0.4, 0.5) is 5.69 Å². The molecule has 3 rings (SSSR count).